The van der Waals surface area contributed by atoms with Gasteiger partial charge in [0.1, 0.15) is 0 Å². The van der Waals surface area contributed by atoms with E-state index >= 15 is 0 Å². The minimum absolute atomic E-state index is 0.919. The first kappa shape index (κ1) is 11.3. The molecule has 1 fully saturated rings. The maximum absolute atomic E-state index is 6.14. The number of para-hydroxylation sites is 1. The van der Waals surface area contributed by atoms with Gasteiger partial charge in [-0.3, -0.25) is 0 Å². The van der Waals surface area contributed by atoms with Crippen LogP contribution in [-0.4, -0.2) is 13.1 Å². The lowest BCUT2D eigenvalue weighted by atomic mass is 9.94. The largest absolute Gasteiger partial charge is 0.397 e. The van der Waals surface area contributed by atoms with Gasteiger partial charge < -0.3 is 10.6 Å². The van der Waals surface area contributed by atoms with E-state index in [1.807, 2.05) is 0 Å². The number of nitrogens with two attached hydrogens (primary N) is 1. The third-order valence-corrected chi connectivity index (χ3v) is 3.83. The topological polar surface area (TPSA) is 29.3 Å². The molecule has 16 heavy (non-hydrogen) atoms. The highest BCUT2D eigenvalue weighted by molar-refractivity contribution is 5.70. The lowest BCUT2D eigenvalue weighted by Crippen LogP contribution is -2.34. The van der Waals surface area contributed by atoms with Gasteiger partial charge in [0, 0.05) is 13.1 Å². The second-order valence-electron chi connectivity index (χ2n) is 4.85. The summed E-state index contributed by atoms with van der Waals surface area (Å²) >= 11 is 0. The maximum atomic E-state index is 6.14. The molecule has 0 amide bonds. The molecule has 1 aliphatic heterocycles. The number of aryl methyl sites for hydroxylation is 1. The highest BCUT2D eigenvalue weighted by atomic mass is 15.1. The van der Waals surface area contributed by atoms with Gasteiger partial charge in [0.05, 0.1) is 11.4 Å². The Morgan fingerprint density at radius 2 is 2.00 bits per heavy atom. The monoisotopic (exact) mass is 218 g/mol. The first-order chi connectivity index (χ1) is 7.72. The van der Waals surface area contributed by atoms with Crippen LogP contribution in [0, 0.1) is 12.8 Å². The van der Waals surface area contributed by atoms with E-state index in [1.54, 1.807) is 0 Å². The fourth-order valence-corrected chi connectivity index (χ4v) is 2.52. The number of benzene rings is 1. The fourth-order valence-electron chi connectivity index (χ4n) is 2.52. The van der Waals surface area contributed by atoms with Crippen molar-refractivity contribution >= 4 is 11.4 Å². The summed E-state index contributed by atoms with van der Waals surface area (Å²) in [5.74, 6) is 0.919. The SMILES string of the molecule is CCC1CCN(c2cccc(C)c2N)CC1. The molecule has 0 unspecified atom stereocenters. The molecular formula is C14H22N2. The van der Waals surface area contributed by atoms with E-state index in [2.05, 4.69) is 36.9 Å². The summed E-state index contributed by atoms with van der Waals surface area (Å²) in [6.45, 7) is 6.69. The Morgan fingerprint density at radius 1 is 1.31 bits per heavy atom. The molecule has 1 aliphatic rings. The van der Waals surface area contributed by atoms with Crippen molar-refractivity contribution in [2.45, 2.75) is 33.1 Å². The summed E-state index contributed by atoms with van der Waals surface area (Å²) in [6.07, 6.45) is 3.94. The van der Waals surface area contributed by atoms with Gasteiger partial charge in [0.2, 0.25) is 0 Å². The van der Waals surface area contributed by atoms with Crippen LogP contribution in [0.2, 0.25) is 0 Å². The van der Waals surface area contributed by atoms with Gasteiger partial charge in [0.25, 0.3) is 0 Å². The third kappa shape index (κ3) is 2.16. The molecule has 2 rings (SSSR count). The lowest BCUT2D eigenvalue weighted by Gasteiger charge is -2.34. The van der Waals surface area contributed by atoms with Crippen LogP contribution in [0.15, 0.2) is 18.2 Å². The number of anilines is 2. The molecule has 1 aromatic rings. The zero-order valence-electron chi connectivity index (χ0n) is 10.4. The standard InChI is InChI=1S/C14H22N2/c1-3-12-7-9-16(10-8-12)13-6-4-5-11(2)14(13)15/h4-6,12H,3,7-10,15H2,1-2H3. The molecule has 1 saturated heterocycles. The van der Waals surface area contributed by atoms with Crippen molar-refractivity contribution in [3.63, 3.8) is 0 Å². The third-order valence-electron chi connectivity index (χ3n) is 3.83. The van der Waals surface area contributed by atoms with Gasteiger partial charge in [-0.15, -0.1) is 0 Å². The van der Waals surface area contributed by atoms with Crippen LogP contribution in [0.25, 0.3) is 0 Å². The van der Waals surface area contributed by atoms with Gasteiger partial charge in [-0.25, -0.2) is 0 Å². The summed E-state index contributed by atoms with van der Waals surface area (Å²) < 4.78 is 0. The summed E-state index contributed by atoms with van der Waals surface area (Å²) in [7, 11) is 0. The molecular weight excluding hydrogens is 196 g/mol. The molecule has 0 aliphatic carbocycles. The Morgan fingerprint density at radius 3 is 2.62 bits per heavy atom. The highest BCUT2D eigenvalue weighted by Crippen LogP contribution is 2.30. The molecule has 0 bridgehead atoms. The molecule has 1 aromatic carbocycles. The van der Waals surface area contributed by atoms with Crippen LogP contribution in [-0.2, 0) is 0 Å². The normalized spacial score (nSPS) is 17.8. The van der Waals surface area contributed by atoms with Crippen LogP contribution < -0.4 is 10.6 Å². The van der Waals surface area contributed by atoms with Crippen molar-refractivity contribution in [3.8, 4) is 0 Å². The molecule has 0 saturated carbocycles. The van der Waals surface area contributed by atoms with E-state index in [1.165, 1.54) is 30.5 Å². The van der Waals surface area contributed by atoms with Crippen molar-refractivity contribution in [3.05, 3.63) is 23.8 Å². The average molecular weight is 218 g/mol. The highest BCUT2D eigenvalue weighted by Gasteiger charge is 2.19. The van der Waals surface area contributed by atoms with Crippen molar-refractivity contribution in [2.75, 3.05) is 23.7 Å². The Balaban J connectivity index is 2.11. The van der Waals surface area contributed by atoms with Crippen LogP contribution in [0.5, 0.6) is 0 Å². The zero-order chi connectivity index (χ0) is 11.5. The Bertz CT molecular complexity index is 352. The number of nitrogens with zero attached hydrogens (tertiary/aromatic N) is 1. The second kappa shape index (κ2) is 4.77. The van der Waals surface area contributed by atoms with E-state index in [0.29, 0.717) is 0 Å². The van der Waals surface area contributed by atoms with Gasteiger partial charge in [-0.05, 0) is 37.3 Å². The molecule has 0 aromatic heterocycles. The second-order valence-corrected chi connectivity index (χ2v) is 4.85. The van der Waals surface area contributed by atoms with Gasteiger partial charge >= 0.3 is 0 Å². The van der Waals surface area contributed by atoms with Crippen molar-refractivity contribution in [2.24, 2.45) is 5.92 Å². The van der Waals surface area contributed by atoms with E-state index in [0.717, 1.165) is 24.7 Å². The van der Waals surface area contributed by atoms with Crippen molar-refractivity contribution < 1.29 is 0 Å². The number of hydrogen-bond acceptors (Lipinski definition) is 2. The minimum atomic E-state index is 0.919. The molecule has 0 atom stereocenters. The van der Waals surface area contributed by atoms with E-state index in [9.17, 15) is 0 Å². The van der Waals surface area contributed by atoms with Gasteiger partial charge in [-0.2, -0.15) is 0 Å². The first-order valence-electron chi connectivity index (χ1n) is 6.32. The molecule has 1 heterocycles. The van der Waals surface area contributed by atoms with Gasteiger partial charge in [0.15, 0.2) is 0 Å². The van der Waals surface area contributed by atoms with Crippen molar-refractivity contribution in [1.82, 2.24) is 0 Å². The molecule has 0 spiro atoms. The summed E-state index contributed by atoms with van der Waals surface area (Å²) in [4.78, 5) is 2.44. The predicted molar refractivity (Wildman–Crippen MR) is 70.8 cm³/mol. The van der Waals surface area contributed by atoms with Crippen LogP contribution >= 0.6 is 0 Å². The molecule has 88 valence electrons. The van der Waals surface area contributed by atoms with Crippen molar-refractivity contribution in [1.29, 1.82) is 0 Å². The quantitative estimate of drug-likeness (QED) is 0.772. The average Bonchev–Trinajstić information content (AvgIpc) is 2.33. The smallest absolute Gasteiger partial charge is 0.0602 e. The van der Waals surface area contributed by atoms with Crippen LogP contribution in [0.4, 0.5) is 11.4 Å². The van der Waals surface area contributed by atoms with E-state index in [4.69, 9.17) is 5.73 Å². The summed E-state index contributed by atoms with van der Waals surface area (Å²) in [5, 5.41) is 0. The Hall–Kier alpha value is -1.18. The minimum Gasteiger partial charge on any atom is -0.397 e. The fraction of sp³-hybridized carbons (Fsp3) is 0.571. The summed E-state index contributed by atoms with van der Waals surface area (Å²) in [5.41, 5.74) is 9.52. The predicted octanol–water partition coefficient (Wildman–Crippen LogP) is 3.20. The number of nitrogen functional groups attached to an aromatic ring is 1. The van der Waals surface area contributed by atoms with E-state index in [-0.39, 0.29) is 0 Å². The molecule has 2 heteroatoms. The van der Waals surface area contributed by atoms with Gasteiger partial charge in [-0.1, -0.05) is 25.5 Å². The lowest BCUT2D eigenvalue weighted by molar-refractivity contribution is 0.395. The van der Waals surface area contributed by atoms with Crippen LogP contribution in [0.3, 0.4) is 0 Å². The maximum Gasteiger partial charge on any atom is 0.0602 e. The zero-order valence-corrected chi connectivity index (χ0v) is 10.4. The van der Waals surface area contributed by atoms with Crippen LogP contribution in [0.1, 0.15) is 31.7 Å². The Kier molecular flexibility index (Phi) is 3.37. The molecule has 0 radical (unpaired) electrons. The number of rotatable bonds is 2. The number of piperidine rings is 1. The summed E-state index contributed by atoms with van der Waals surface area (Å²) in [6, 6.07) is 6.33. The number of hydrogen-bond donors (Lipinski definition) is 1. The molecule has 2 N–H and O–H groups in total. The molecule has 2 nitrogen and oxygen atoms in total. The van der Waals surface area contributed by atoms with E-state index < -0.39 is 0 Å². The Labute approximate surface area is 98.4 Å². The first-order valence-corrected chi connectivity index (χ1v) is 6.32.